The number of thiazole rings is 2. The lowest BCUT2D eigenvalue weighted by molar-refractivity contribution is -0.159. The maximum absolute atomic E-state index is 9.10. The van der Waals surface area contributed by atoms with E-state index in [2.05, 4.69) is 53.6 Å². The summed E-state index contributed by atoms with van der Waals surface area (Å²) in [5.41, 5.74) is 5.15. The first kappa shape index (κ1) is 25.5. The lowest BCUT2D eigenvalue weighted by atomic mass is 10.1. The minimum atomic E-state index is -1.82. The molecule has 5 rings (SSSR count). The van der Waals surface area contributed by atoms with Crippen molar-refractivity contribution in [2.75, 3.05) is 36.8 Å². The third kappa shape index (κ3) is 6.99. The molecule has 3 aromatic heterocycles. The van der Waals surface area contributed by atoms with Crippen LogP contribution in [-0.4, -0.2) is 78.8 Å². The van der Waals surface area contributed by atoms with E-state index in [1.807, 2.05) is 23.2 Å². The van der Waals surface area contributed by atoms with Crippen LogP contribution in [0.2, 0.25) is 0 Å². The Labute approximate surface area is 215 Å². The quantitative estimate of drug-likeness (QED) is 0.251. The summed E-state index contributed by atoms with van der Waals surface area (Å²) in [6.45, 7) is 4.93. The molecule has 4 N–H and O–H groups in total. The van der Waals surface area contributed by atoms with Crippen molar-refractivity contribution in [3.05, 3.63) is 52.4 Å². The van der Waals surface area contributed by atoms with Gasteiger partial charge in [-0.3, -0.25) is 0 Å². The third-order valence-corrected chi connectivity index (χ3v) is 7.06. The van der Waals surface area contributed by atoms with Crippen LogP contribution in [-0.2, 0) is 16.1 Å². The Bertz CT molecular complexity index is 1240. The van der Waals surface area contributed by atoms with Gasteiger partial charge in [0, 0.05) is 49.2 Å². The number of rotatable bonds is 8. The van der Waals surface area contributed by atoms with Gasteiger partial charge in [-0.05, 0) is 25.0 Å². The number of imidazole rings is 1. The number of benzene rings is 1. The van der Waals surface area contributed by atoms with Gasteiger partial charge in [-0.2, -0.15) is 0 Å². The van der Waals surface area contributed by atoms with E-state index < -0.39 is 11.9 Å². The number of hydrogen-bond donors (Lipinski definition) is 4. The summed E-state index contributed by atoms with van der Waals surface area (Å²) in [5, 5.41) is 27.0. The second-order valence-corrected chi connectivity index (χ2v) is 9.74. The van der Waals surface area contributed by atoms with Crippen molar-refractivity contribution in [3.8, 4) is 0 Å². The van der Waals surface area contributed by atoms with Crippen LogP contribution in [0.1, 0.15) is 18.5 Å². The molecule has 1 aliphatic rings. The molecular weight excluding hydrogens is 502 g/mol. The highest BCUT2D eigenvalue weighted by atomic mass is 32.1. The molecule has 0 aliphatic carbocycles. The van der Waals surface area contributed by atoms with Gasteiger partial charge in [0.1, 0.15) is 0 Å². The maximum atomic E-state index is 9.10. The van der Waals surface area contributed by atoms with Crippen molar-refractivity contribution in [2.24, 2.45) is 0 Å². The summed E-state index contributed by atoms with van der Waals surface area (Å²) in [6, 6.07) is 8.78. The van der Waals surface area contributed by atoms with E-state index in [0.717, 1.165) is 73.4 Å². The molecule has 0 spiro atoms. The van der Waals surface area contributed by atoms with Crippen LogP contribution >= 0.6 is 22.7 Å². The first-order valence-electron chi connectivity index (χ1n) is 11.4. The Morgan fingerprint density at radius 2 is 1.89 bits per heavy atom. The minimum Gasteiger partial charge on any atom is -0.473 e. The molecular formula is C23H27N7O4S2. The van der Waals surface area contributed by atoms with Crippen molar-refractivity contribution >= 4 is 56.7 Å². The number of nitrogens with one attached hydrogen (secondary N) is 2. The summed E-state index contributed by atoms with van der Waals surface area (Å²) in [6.07, 6.45) is 4.08. The Morgan fingerprint density at radius 1 is 1.11 bits per heavy atom. The largest absolute Gasteiger partial charge is 0.473 e. The van der Waals surface area contributed by atoms with Crippen LogP contribution in [0.3, 0.4) is 0 Å². The molecule has 4 aromatic rings. The molecule has 0 amide bonds. The first-order chi connectivity index (χ1) is 17.5. The van der Waals surface area contributed by atoms with Crippen molar-refractivity contribution in [3.63, 3.8) is 0 Å². The highest BCUT2D eigenvalue weighted by molar-refractivity contribution is 7.13. The molecule has 0 bridgehead atoms. The molecule has 1 saturated heterocycles. The fraction of sp³-hybridized carbons (Fsp3) is 0.348. The Balaban J connectivity index is 0.000000455. The van der Waals surface area contributed by atoms with E-state index >= 15 is 0 Å². The van der Waals surface area contributed by atoms with Crippen molar-refractivity contribution in [1.82, 2.24) is 24.4 Å². The van der Waals surface area contributed by atoms with Gasteiger partial charge in [-0.15, -0.1) is 22.7 Å². The summed E-state index contributed by atoms with van der Waals surface area (Å²) in [5.74, 6) is -2.70. The van der Waals surface area contributed by atoms with Crippen molar-refractivity contribution in [2.45, 2.75) is 25.4 Å². The van der Waals surface area contributed by atoms with Gasteiger partial charge in [-0.1, -0.05) is 12.1 Å². The fourth-order valence-corrected chi connectivity index (χ4v) is 5.05. The Kier molecular flexibility index (Phi) is 8.81. The van der Waals surface area contributed by atoms with Crippen LogP contribution in [0.5, 0.6) is 0 Å². The fourth-order valence-electron chi connectivity index (χ4n) is 3.94. The number of aromatic nitrogens is 4. The van der Waals surface area contributed by atoms with Gasteiger partial charge in [0.25, 0.3) is 0 Å². The average Bonchev–Trinajstić information content (AvgIpc) is 3.64. The van der Waals surface area contributed by atoms with Crippen molar-refractivity contribution < 1.29 is 19.8 Å². The van der Waals surface area contributed by atoms with Gasteiger partial charge in [0.05, 0.1) is 28.8 Å². The van der Waals surface area contributed by atoms with E-state index in [0.29, 0.717) is 6.04 Å². The molecule has 1 aliphatic heterocycles. The lowest BCUT2D eigenvalue weighted by Crippen LogP contribution is -2.41. The minimum absolute atomic E-state index is 0.444. The number of aliphatic carboxylic acids is 2. The van der Waals surface area contributed by atoms with Crippen LogP contribution in [0.4, 0.5) is 11.1 Å². The number of fused-ring (bicyclic) bond motifs is 1. The average molecular weight is 530 g/mol. The molecule has 0 saturated carbocycles. The van der Waals surface area contributed by atoms with Gasteiger partial charge < -0.3 is 30.3 Å². The summed E-state index contributed by atoms with van der Waals surface area (Å²) >= 11 is 3.29. The van der Waals surface area contributed by atoms with Crippen LogP contribution in [0.25, 0.3) is 11.0 Å². The Hall–Kier alpha value is -3.55. The number of likely N-dealkylation sites (tertiary alicyclic amines) is 1. The van der Waals surface area contributed by atoms with E-state index in [1.54, 1.807) is 22.7 Å². The molecule has 36 heavy (non-hydrogen) atoms. The molecule has 1 fully saturated rings. The van der Waals surface area contributed by atoms with E-state index in [4.69, 9.17) is 24.8 Å². The molecule has 0 atom stereocenters. The molecule has 0 radical (unpaired) electrons. The zero-order valence-corrected chi connectivity index (χ0v) is 21.0. The first-order valence-corrected chi connectivity index (χ1v) is 13.2. The number of para-hydroxylation sites is 2. The molecule has 190 valence electrons. The zero-order chi connectivity index (χ0) is 25.3. The van der Waals surface area contributed by atoms with E-state index in [-0.39, 0.29) is 0 Å². The maximum Gasteiger partial charge on any atom is 0.414 e. The second-order valence-electron chi connectivity index (χ2n) is 8.12. The van der Waals surface area contributed by atoms with Crippen molar-refractivity contribution in [1.29, 1.82) is 0 Å². The van der Waals surface area contributed by atoms with Gasteiger partial charge in [-0.25, -0.2) is 24.5 Å². The number of nitrogens with zero attached hydrogens (tertiary/aromatic N) is 5. The van der Waals surface area contributed by atoms with Gasteiger partial charge in [0.2, 0.25) is 5.95 Å². The number of carboxylic acid groups (broad SMARTS) is 2. The van der Waals surface area contributed by atoms with Gasteiger partial charge >= 0.3 is 11.9 Å². The van der Waals surface area contributed by atoms with E-state index in [9.17, 15) is 0 Å². The predicted molar refractivity (Wildman–Crippen MR) is 140 cm³/mol. The third-order valence-electron chi connectivity index (χ3n) is 5.70. The Morgan fingerprint density at radius 3 is 2.56 bits per heavy atom. The molecule has 11 nitrogen and oxygen atoms in total. The molecule has 4 heterocycles. The molecule has 13 heteroatoms. The summed E-state index contributed by atoms with van der Waals surface area (Å²) < 4.78 is 2.26. The topological polar surface area (TPSA) is 146 Å². The van der Waals surface area contributed by atoms with Gasteiger partial charge in [0.15, 0.2) is 5.13 Å². The molecule has 0 unspecified atom stereocenters. The zero-order valence-electron chi connectivity index (χ0n) is 19.4. The number of carbonyl (C=O) groups is 2. The predicted octanol–water partition coefficient (Wildman–Crippen LogP) is 3.14. The normalized spacial score (nSPS) is 14.2. The smallest absolute Gasteiger partial charge is 0.414 e. The monoisotopic (exact) mass is 529 g/mol. The number of carboxylic acids is 2. The summed E-state index contributed by atoms with van der Waals surface area (Å²) in [4.78, 5) is 34.4. The summed E-state index contributed by atoms with van der Waals surface area (Å²) in [7, 11) is 0. The number of piperidine rings is 1. The van der Waals surface area contributed by atoms with Crippen LogP contribution in [0, 0.1) is 0 Å². The number of hydrogen-bond acceptors (Lipinski definition) is 10. The second kappa shape index (κ2) is 12.4. The lowest BCUT2D eigenvalue weighted by Gasteiger charge is -2.32. The SMILES string of the molecule is O=C(O)C(=O)O.c1ccc2c(c1)nc(NC1CCN(CCNc3nccs3)CC1)n2Cc1cscn1. The van der Waals surface area contributed by atoms with Crippen LogP contribution < -0.4 is 10.6 Å². The van der Waals surface area contributed by atoms with E-state index in [1.165, 1.54) is 0 Å². The highest BCUT2D eigenvalue weighted by Crippen LogP contribution is 2.24. The van der Waals surface area contributed by atoms with Crippen LogP contribution in [0.15, 0.2) is 46.7 Å². The standard InChI is InChI=1S/C21H25N7S2.C2H2O4/c1-2-4-19-18(3-1)26-20(28(19)13-17-14-29-15-24-17)25-16-5-9-27(10-6-16)11-7-22-21-23-8-12-30-21;3-1(4)2(5)6/h1-4,8,12,14-16H,5-7,9-11,13H2,(H,22,23)(H,25,26);(H,3,4)(H,5,6). The number of anilines is 2. The highest BCUT2D eigenvalue weighted by Gasteiger charge is 2.21. The molecule has 1 aromatic carbocycles.